The topological polar surface area (TPSA) is 46.2 Å². The van der Waals surface area contributed by atoms with E-state index < -0.39 is 10.0 Å². The summed E-state index contributed by atoms with van der Waals surface area (Å²) < 4.78 is 25.0. The highest BCUT2D eigenvalue weighted by Gasteiger charge is 2.14. The minimum atomic E-state index is -3.26. The van der Waals surface area contributed by atoms with Crippen molar-refractivity contribution in [2.75, 3.05) is 4.72 Å². The van der Waals surface area contributed by atoms with Crippen LogP contribution in [0.5, 0.6) is 0 Å². The summed E-state index contributed by atoms with van der Waals surface area (Å²) in [6, 6.07) is 5.77. The molecule has 0 unspecified atom stereocenters. The maximum absolute atomic E-state index is 11.2. The van der Waals surface area contributed by atoms with Crippen molar-refractivity contribution in [3.05, 3.63) is 34.7 Å². The van der Waals surface area contributed by atoms with Crippen molar-refractivity contribution in [3.8, 4) is 0 Å². The van der Waals surface area contributed by atoms with Crippen LogP contribution in [0.2, 0.25) is 0 Å². The molecule has 1 aromatic carbocycles. The van der Waals surface area contributed by atoms with Crippen LogP contribution in [0.1, 0.15) is 30.9 Å². The maximum atomic E-state index is 11.2. The van der Waals surface area contributed by atoms with E-state index in [1.54, 1.807) is 6.08 Å². The molecule has 4 heteroatoms. The lowest BCUT2D eigenvalue weighted by Crippen LogP contribution is -2.13. The molecule has 1 aliphatic rings. The second-order valence-corrected chi connectivity index (χ2v) is 5.52. The van der Waals surface area contributed by atoms with Crippen LogP contribution in [0.15, 0.2) is 23.6 Å². The Balaban J connectivity index is 2.49. The highest BCUT2D eigenvalue weighted by atomic mass is 32.2. The van der Waals surface area contributed by atoms with Crippen LogP contribution in [0.3, 0.4) is 0 Å². The molecule has 0 radical (unpaired) electrons. The van der Waals surface area contributed by atoms with Gasteiger partial charge in [0.05, 0.1) is 11.1 Å². The fourth-order valence-corrected chi connectivity index (χ4v) is 2.41. The lowest BCUT2D eigenvalue weighted by atomic mass is 10.00. The molecule has 80 valence electrons. The molecule has 1 aromatic rings. The molecule has 1 aliphatic heterocycles. The molecule has 0 spiro atoms. The van der Waals surface area contributed by atoms with Gasteiger partial charge in [0.1, 0.15) is 0 Å². The van der Waals surface area contributed by atoms with E-state index in [-0.39, 0.29) is 0 Å². The van der Waals surface area contributed by atoms with Gasteiger partial charge in [-0.2, -0.15) is 0 Å². The van der Waals surface area contributed by atoms with E-state index in [0.717, 1.165) is 5.56 Å². The summed E-state index contributed by atoms with van der Waals surface area (Å²) >= 11 is 0. The minimum Gasteiger partial charge on any atom is -0.280 e. The third-order valence-electron chi connectivity index (χ3n) is 2.42. The van der Waals surface area contributed by atoms with E-state index in [1.165, 1.54) is 11.0 Å². The zero-order chi connectivity index (χ0) is 11.1. The van der Waals surface area contributed by atoms with Gasteiger partial charge in [-0.15, -0.1) is 0 Å². The Hall–Kier alpha value is -1.29. The van der Waals surface area contributed by atoms with Gasteiger partial charge in [0, 0.05) is 0 Å². The Morgan fingerprint density at radius 2 is 2.00 bits per heavy atom. The van der Waals surface area contributed by atoms with E-state index in [9.17, 15) is 8.42 Å². The Morgan fingerprint density at radius 3 is 2.67 bits per heavy atom. The summed E-state index contributed by atoms with van der Waals surface area (Å²) in [5.41, 5.74) is 2.79. The fourth-order valence-electron chi connectivity index (χ4n) is 1.52. The van der Waals surface area contributed by atoms with Gasteiger partial charge in [-0.25, -0.2) is 8.42 Å². The van der Waals surface area contributed by atoms with E-state index in [1.807, 2.05) is 18.2 Å². The van der Waals surface area contributed by atoms with Crippen molar-refractivity contribution in [1.29, 1.82) is 0 Å². The predicted molar refractivity (Wildman–Crippen MR) is 62.1 cm³/mol. The summed E-state index contributed by atoms with van der Waals surface area (Å²) in [5, 5.41) is 1.19. The van der Waals surface area contributed by atoms with E-state index >= 15 is 0 Å². The fraction of sp³-hybridized carbons (Fsp3) is 0.273. The first kappa shape index (κ1) is 10.2. The van der Waals surface area contributed by atoms with Gasteiger partial charge in [-0.05, 0) is 35.3 Å². The van der Waals surface area contributed by atoms with Crippen molar-refractivity contribution in [3.63, 3.8) is 0 Å². The molecule has 0 amide bonds. The van der Waals surface area contributed by atoms with Crippen LogP contribution in [-0.4, -0.2) is 8.42 Å². The Labute approximate surface area is 89.9 Å². The van der Waals surface area contributed by atoms with Crippen molar-refractivity contribution < 1.29 is 8.42 Å². The summed E-state index contributed by atoms with van der Waals surface area (Å²) in [6.45, 7) is 4.22. The highest BCUT2D eigenvalue weighted by molar-refractivity contribution is 7.95. The third-order valence-corrected chi connectivity index (χ3v) is 3.42. The number of benzene rings is 1. The first-order valence-corrected chi connectivity index (χ1v) is 6.37. The SMILES string of the molecule is CC(C)c1ccc2c(c1)C=CS(=O)(=O)N2. The smallest absolute Gasteiger partial charge is 0.255 e. The van der Waals surface area contributed by atoms with Crippen LogP contribution in [0.4, 0.5) is 5.69 Å². The first-order valence-electron chi connectivity index (χ1n) is 4.83. The molecule has 3 nitrogen and oxygen atoms in total. The summed E-state index contributed by atoms with van der Waals surface area (Å²) in [5.74, 6) is 0.447. The van der Waals surface area contributed by atoms with E-state index in [0.29, 0.717) is 11.6 Å². The molecule has 0 aromatic heterocycles. The summed E-state index contributed by atoms with van der Waals surface area (Å²) in [4.78, 5) is 0. The van der Waals surface area contributed by atoms with Crippen LogP contribution >= 0.6 is 0 Å². The predicted octanol–water partition coefficient (Wildman–Crippen LogP) is 2.54. The van der Waals surface area contributed by atoms with Gasteiger partial charge < -0.3 is 0 Å². The molecule has 2 rings (SSSR count). The molecule has 1 heterocycles. The van der Waals surface area contributed by atoms with Gasteiger partial charge in [0.25, 0.3) is 10.0 Å². The van der Waals surface area contributed by atoms with Crippen LogP contribution in [0, 0.1) is 0 Å². The molecule has 15 heavy (non-hydrogen) atoms. The van der Waals surface area contributed by atoms with Gasteiger partial charge in [-0.3, -0.25) is 4.72 Å². The van der Waals surface area contributed by atoms with Crippen molar-refractivity contribution in [1.82, 2.24) is 0 Å². The Morgan fingerprint density at radius 1 is 1.27 bits per heavy atom. The molecule has 0 atom stereocenters. The lowest BCUT2D eigenvalue weighted by Gasteiger charge is -2.15. The minimum absolute atomic E-state index is 0.447. The van der Waals surface area contributed by atoms with Crippen molar-refractivity contribution in [2.24, 2.45) is 0 Å². The average Bonchev–Trinajstić information content (AvgIpc) is 2.15. The van der Waals surface area contributed by atoms with Crippen LogP contribution < -0.4 is 4.72 Å². The quantitative estimate of drug-likeness (QED) is 0.795. The number of hydrogen-bond acceptors (Lipinski definition) is 2. The number of sulfonamides is 1. The molecule has 1 N–H and O–H groups in total. The molecule has 0 bridgehead atoms. The monoisotopic (exact) mass is 223 g/mol. The number of fused-ring (bicyclic) bond motifs is 1. The molecule has 0 fully saturated rings. The zero-order valence-corrected chi connectivity index (χ0v) is 9.51. The molecule has 0 saturated carbocycles. The first-order chi connectivity index (χ1) is 6.98. The van der Waals surface area contributed by atoms with Crippen LogP contribution in [-0.2, 0) is 10.0 Å². The van der Waals surface area contributed by atoms with E-state index in [4.69, 9.17) is 0 Å². The molecule has 0 aliphatic carbocycles. The highest BCUT2D eigenvalue weighted by Crippen LogP contribution is 2.27. The Bertz CT molecular complexity index is 515. The summed E-state index contributed by atoms with van der Waals surface area (Å²) in [6.07, 6.45) is 1.63. The van der Waals surface area contributed by atoms with Crippen molar-refractivity contribution >= 4 is 21.8 Å². The molecular weight excluding hydrogens is 210 g/mol. The zero-order valence-electron chi connectivity index (χ0n) is 8.69. The van der Waals surface area contributed by atoms with Gasteiger partial charge >= 0.3 is 0 Å². The second-order valence-electron chi connectivity index (χ2n) is 3.95. The van der Waals surface area contributed by atoms with E-state index in [2.05, 4.69) is 18.6 Å². The number of rotatable bonds is 1. The Kier molecular flexibility index (Phi) is 2.31. The van der Waals surface area contributed by atoms with Gasteiger partial charge in [-0.1, -0.05) is 19.9 Å². The van der Waals surface area contributed by atoms with Crippen molar-refractivity contribution in [2.45, 2.75) is 19.8 Å². The summed E-state index contributed by atoms with van der Waals surface area (Å²) in [7, 11) is -3.26. The maximum Gasteiger partial charge on any atom is 0.255 e. The third kappa shape index (κ3) is 2.04. The number of nitrogens with one attached hydrogen (secondary N) is 1. The standard InChI is InChI=1S/C11H13NO2S/c1-8(2)9-3-4-11-10(7-9)5-6-15(13,14)12-11/h3-8,12H,1-2H3. The molecule has 0 saturated heterocycles. The number of anilines is 1. The molecular formula is C11H13NO2S. The van der Waals surface area contributed by atoms with Crippen LogP contribution in [0.25, 0.3) is 6.08 Å². The largest absolute Gasteiger partial charge is 0.280 e. The number of hydrogen-bond donors (Lipinski definition) is 1. The van der Waals surface area contributed by atoms with Gasteiger partial charge in [0.15, 0.2) is 0 Å². The average molecular weight is 223 g/mol. The normalized spacial score (nSPS) is 17.3. The second kappa shape index (κ2) is 3.38. The van der Waals surface area contributed by atoms with Gasteiger partial charge in [0.2, 0.25) is 0 Å². The lowest BCUT2D eigenvalue weighted by molar-refractivity contribution is 0.609.